The lowest BCUT2D eigenvalue weighted by Gasteiger charge is -2.28. The first-order valence-electron chi connectivity index (χ1n) is 9.73. The molecular weight excluding hydrogens is 338 g/mol. The van der Waals surface area contributed by atoms with Crippen LogP contribution >= 0.6 is 0 Å². The Morgan fingerprint density at radius 1 is 1.15 bits per heavy atom. The molecule has 0 aliphatic heterocycles. The average molecular weight is 365 g/mol. The third kappa shape index (κ3) is 5.16. The molecule has 5 nitrogen and oxygen atoms in total. The minimum absolute atomic E-state index is 0.0735. The van der Waals surface area contributed by atoms with Gasteiger partial charge in [0.05, 0.1) is 5.56 Å². The third-order valence-corrected chi connectivity index (χ3v) is 5.32. The highest BCUT2D eigenvalue weighted by atomic mass is 16.7. The van der Waals surface area contributed by atoms with E-state index >= 15 is 0 Å². The molecule has 1 aliphatic carbocycles. The van der Waals surface area contributed by atoms with Crippen LogP contribution in [0.3, 0.4) is 0 Å². The van der Waals surface area contributed by atoms with E-state index in [2.05, 4.69) is 17.1 Å². The van der Waals surface area contributed by atoms with Gasteiger partial charge in [-0.3, -0.25) is 4.98 Å². The molecule has 1 saturated carbocycles. The molecule has 142 valence electrons. The number of aromatic nitrogens is 1. The largest absolute Gasteiger partial charge is 0.379 e. The van der Waals surface area contributed by atoms with Gasteiger partial charge in [-0.2, -0.15) is 0 Å². The first-order chi connectivity index (χ1) is 13.2. The van der Waals surface area contributed by atoms with Crippen LogP contribution in [0.4, 0.5) is 0 Å². The number of carbonyl (C=O) groups excluding carboxylic acids is 1. The fraction of sp³-hybridized carbons (Fsp3) is 0.409. The van der Waals surface area contributed by atoms with Crippen LogP contribution in [0.2, 0.25) is 0 Å². The van der Waals surface area contributed by atoms with Crippen LogP contribution < -0.4 is 5.73 Å². The highest BCUT2D eigenvalue weighted by molar-refractivity contribution is 5.96. The zero-order valence-corrected chi connectivity index (χ0v) is 15.8. The lowest BCUT2D eigenvalue weighted by Crippen LogP contribution is -2.16. The second-order valence-electron chi connectivity index (χ2n) is 7.20. The van der Waals surface area contributed by atoms with Crippen LogP contribution in [0.5, 0.6) is 0 Å². The van der Waals surface area contributed by atoms with Gasteiger partial charge in [0, 0.05) is 6.20 Å². The van der Waals surface area contributed by atoms with Gasteiger partial charge in [-0.15, -0.1) is 0 Å². The van der Waals surface area contributed by atoms with Crippen LogP contribution in [0.15, 0.2) is 53.8 Å². The smallest absolute Gasteiger partial charge is 0.365 e. The molecule has 0 unspecified atom stereocenters. The van der Waals surface area contributed by atoms with Crippen molar-refractivity contribution in [2.75, 3.05) is 0 Å². The van der Waals surface area contributed by atoms with Crippen molar-refractivity contribution in [3.8, 4) is 0 Å². The summed E-state index contributed by atoms with van der Waals surface area (Å²) in [5, 5.41) is 3.69. The molecule has 1 aromatic carbocycles. The van der Waals surface area contributed by atoms with E-state index in [9.17, 15) is 4.79 Å². The molecule has 3 rings (SSSR count). The van der Waals surface area contributed by atoms with E-state index < -0.39 is 5.97 Å². The summed E-state index contributed by atoms with van der Waals surface area (Å²) in [6.07, 6.45) is 9.32. The first-order valence-corrected chi connectivity index (χ1v) is 9.73. The summed E-state index contributed by atoms with van der Waals surface area (Å²) in [5.41, 5.74) is 8.03. The number of hydrogen-bond donors (Lipinski definition) is 1. The van der Waals surface area contributed by atoms with Crippen LogP contribution in [0.25, 0.3) is 0 Å². The van der Waals surface area contributed by atoms with Gasteiger partial charge < -0.3 is 10.6 Å². The molecule has 0 amide bonds. The molecule has 0 spiro atoms. The number of nitrogens with two attached hydrogens (primary N) is 1. The Morgan fingerprint density at radius 3 is 2.52 bits per heavy atom. The number of amidine groups is 1. The second kappa shape index (κ2) is 9.31. The Morgan fingerprint density at radius 2 is 1.89 bits per heavy atom. The fourth-order valence-corrected chi connectivity index (χ4v) is 3.79. The maximum atomic E-state index is 12.2. The van der Waals surface area contributed by atoms with Gasteiger partial charge in [0.2, 0.25) is 0 Å². The number of benzene rings is 1. The van der Waals surface area contributed by atoms with E-state index in [1.54, 1.807) is 24.4 Å². The van der Waals surface area contributed by atoms with Crippen molar-refractivity contribution in [2.24, 2.45) is 16.8 Å². The van der Waals surface area contributed by atoms with Crippen molar-refractivity contribution in [1.82, 2.24) is 4.98 Å². The van der Waals surface area contributed by atoms with Crippen molar-refractivity contribution in [2.45, 2.75) is 51.4 Å². The van der Waals surface area contributed by atoms with Gasteiger partial charge in [0.1, 0.15) is 5.69 Å². The van der Waals surface area contributed by atoms with Crippen molar-refractivity contribution in [3.63, 3.8) is 0 Å². The summed E-state index contributed by atoms with van der Waals surface area (Å²) in [4.78, 5) is 21.2. The molecule has 0 atom stereocenters. The Labute approximate surface area is 160 Å². The van der Waals surface area contributed by atoms with E-state index in [-0.39, 0.29) is 5.84 Å². The van der Waals surface area contributed by atoms with Crippen molar-refractivity contribution < 1.29 is 9.63 Å². The summed E-state index contributed by atoms with van der Waals surface area (Å²) in [7, 11) is 0. The van der Waals surface area contributed by atoms with Crippen LogP contribution in [0.1, 0.15) is 73.0 Å². The summed E-state index contributed by atoms with van der Waals surface area (Å²) in [6, 6.07) is 13.0. The molecule has 0 saturated heterocycles. The lowest BCUT2D eigenvalue weighted by atomic mass is 9.77. The van der Waals surface area contributed by atoms with Gasteiger partial charge in [-0.05, 0) is 67.3 Å². The predicted octanol–water partition coefficient (Wildman–Crippen LogP) is 4.63. The number of nitrogens with zero attached hydrogens (tertiary/aromatic N) is 2. The zero-order valence-electron chi connectivity index (χ0n) is 15.8. The van der Waals surface area contributed by atoms with E-state index in [0.717, 1.165) is 5.92 Å². The van der Waals surface area contributed by atoms with Crippen molar-refractivity contribution >= 4 is 11.8 Å². The molecule has 1 heterocycles. The van der Waals surface area contributed by atoms with E-state index in [1.807, 2.05) is 24.3 Å². The Hall–Kier alpha value is -2.69. The standard InChI is InChI=1S/C22H27N3O2/c1-2-5-16-7-9-17(10-8-16)18-11-13-19(14-12-18)22(26)27-25-21(23)20-6-3-4-15-24-20/h3-4,6,11-17H,2,5,7-10H2,1H3,(H2,23,25). The number of rotatable bonds is 6. The van der Waals surface area contributed by atoms with E-state index in [4.69, 9.17) is 10.6 Å². The van der Waals surface area contributed by atoms with Gasteiger partial charge in [0.25, 0.3) is 0 Å². The molecule has 5 heteroatoms. The predicted molar refractivity (Wildman–Crippen MR) is 106 cm³/mol. The van der Waals surface area contributed by atoms with E-state index in [0.29, 0.717) is 17.2 Å². The quantitative estimate of drug-likeness (QED) is 0.350. The third-order valence-electron chi connectivity index (χ3n) is 5.32. The molecular formula is C22H27N3O2. The Kier molecular flexibility index (Phi) is 6.58. The zero-order chi connectivity index (χ0) is 19.1. The average Bonchev–Trinajstić information content (AvgIpc) is 2.73. The van der Waals surface area contributed by atoms with E-state index in [1.165, 1.54) is 44.1 Å². The fourth-order valence-electron chi connectivity index (χ4n) is 3.79. The summed E-state index contributed by atoms with van der Waals surface area (Å²) in [5.74, 6) is 1.04. The maximum absolute atomic E-state index is 12.2. The number of pyridine rings is 1. The van der Waals surface area contributed by atoms with Crippen LogP contribution in [-0.2, 0) is 4.84 Å². The lowest BCUT2D eigenvalue weighted by molar-refractivity contribution is 0.0516. The van der Waals surface area contributed by atoms with Gasteiger partial charge in [0.15, 0.2) is 5.84 Å². The van der Waals surface area contributed by atoms with Gasteiger partial charge in [-0.25, -0.2) is 4.79 Å². The molecule has 2 N–H and O–H groups in total. The summed E-state index contributed by atoms with van der Waals surface area (Å²) >= 11 is 0. The van der Waals surface area contributed by atoms with Gasteiger partial charge in [-0.1, -0.05) is 43.1 Å². The number of hydrogen-bond acceptors (Lipinski definition) is 4. The molecule has 0 radical (unpaired) electrons. The highest BCUT2D eigenvalue weighted by Crippen LogP contribution is 2.37. The number of carbonyl (C=O) groups is 1. The minimum Gasteiger partial charge on any atom is -0.379 e. The van der Waals surface area contributed by atoms with Crippen molar-refractivity contribution in [1.29, 1.82) is 0 Å². The molecule has 1 aliphatic rings. The normalized spacial score (nSPS) is 20.3. The van der Waals surface area contributed by atoms with Crippen LogP contribution in [-0.4, -0.2) is 16.8 Å². The number of oxime groups is 1. The molecule has 2 aromatic rings. The highest BCUT2D eigenvalue weighted by Gasteiger charge is 2.22. The Bertz CT molecular complexity index is 764. The molecule has 1 aromatic heterocycles. The second-order valence-corrected chi connectivity index (χ2v) is 7.20. The molecule has 1 fully saturated rings. The summed E-state index contributed by atoms with van der Waals surface area (Å²) < 4.78 is 0. The summed E-state index contributed by atoms with van der Waals surface area (Å²) in [6.45, 7) is 2.26. The topological polar surface area (TPSA) is 77.6 Å². The van der Waals surface area contributed by atoms with Crippen molar-refractivity contribution in [3.05, 3.63) is 65.5 Å². The SMILES string of the molecule is CCCC1CCC(c2ccc(C(=O)O/N=C(\N)c3ccccn3)cc2)CC1. The maximum Gasteiger partial charge on any atom is 0.365 e. The van der Waals surface area contributed by atoms with Gasteiger partial charge >= 0.3 is 5.97 Å². The monoisotopic (exact) mass is 365 g/mol. The van der Waals surface area contributed by atoms with Crippen LogP contribution in [0, 0.1) is 5.92 Å². The first kappa shape index (κ1) is 19.1. The Balaban J connectivity index is 1.56. The molecule has 0 bridgehead atoms. The molecule has 27 heavy (non-hydrogen) atoms. The minimum atomic E-state index is -0.521.